The summed E-state index contributed by atoms with van der Waals surface area (Å²) in [5, 5.41) is 2.87. The lowest BCUT2D eigenvalue weighted by molar-refractivity contribution is -0.115. The molecule has 2 heterocycles. The van der Waals surface area contributed by atoms with Gasteiger partial charge in [0.2, 0.25) is 5.89 Å². The Hall–Kier alpha value is -3.48. The summed E-state index contributed by atoms with van der Waals surface area (Å²) in [6, 6.07) is 3.45. The van der Waals surface area contributed by atoms with Crippen molar-refractivity contribution < 1.29 is 9.21 Å². The number of nitrogens with zero attached hydrogens (tertiary/aromatic N) is 3. The summed E-state index contributed by atoms with van der Waals surface area (Å²) in [6.45, 7) is 15.6. The van der Waals surface area contributed by atoms with E-state index in [9.17, 15) is 4.79 Å². The van der Waals surface area contributed by atoms with E-state index in [1.807, 2.05) is 38.1 Å². The van der Waals surface area contributed by atoms with Crippen LogP contribution in [0.15, 0.2) is 64.2 Å². The van der Waals surface area contributed by atoms with E-state index in [2.05, 4.69) is 40.7 Å². The highest BCUT2D eigenvalue weighted by molar-refractivity contribution is 6.45. The van der Waals surface area contributed by atoms with Gasteiger partial charge in [0.1, 0.15) is 6.26 Å². The van der Waals surface area contributed by atoms with Gasteiger partial charge in [-0.3, -0.25) is 9.78 Å². The molecule has 0 radical (unpaired) electrons. The Morgan fingerprint density at radius 1 is 1.22 bits per heavy atom. The molecule has 3 N–H and O–H groups in total. The quantitative estimate of drug-likeness (QED) is 0.584. The van der Waals surface area contributed by atoms with Crippen molar-refractivity contribution in [2.45, 2.75) is 60.4 Å². The number of rotatable bonds is 6. The van der Waals surface area contributed by atoms with Crippen molar-refractivity contribution in [3.8, 4) is 0 Å². The Morgan fingerprint density at radius 3 is 2.47 bits per heavy atom. The molecule has 2 aromatic heterocycles. The number of fused-ring (bicyclic) bond motifs is 1. The minimum atomic E-state index is -0.426. The molecule has 172 valence electrons. The zero-order valence-corrected chi connectivity index (χ0v) is 20.0. The molecule has 0 fully saturated rings. The fourth-order valence-electron chi connectivity index (χ4n) is 2.53. The van der Waals surface area contributed by atoms with Crippen LogP contribution in [0.2, 0.25) is 0 Å². The number of aliphatic imine (C=N–C) groups is 1. The molecule has 1 unspecified atom stereocenters. The van der Waals surface area contributed by atoms with Crippen LogP contribution in [0.4, 0.5) is 0 Å². The SMILES string of the molecule is C=C(N)C(=N/C(C)=C(\C)c1ncco1)C(=O)NC1C=Cc2cccnc21.CC.CCCC. The highest BCUT2D eigenvalue weighted by atomic mass is 16.3. The van der Waals surface area contributed by atoms with Crippen molar-refractivity contribution >= 4 is 23.3 Å². The van der Waals surface area contributed by atoms with Crippen LogP contribution in [0.3, 0.4) is 0 Å². The molecule has 3 rings (SSSR count). The van der Waals surface area contributed by atoms with Gasteiger partial charge in [0.05, 0.1) is 23.6 Å². The maximum atomic E-state index is 12.7. The molecule has 1 aliphatic rings. The summed E-state index contributed by atoms with van der Waals surface area (Å²) >= 11 is 0. The molecule has 0 spiro atoms. The van der Waals surface area contributed by atoms with E-state index in [4.69, 9.17) is 10.2 Å². The zero-order chi connectivity index (χ0) is 24.1. The van der Waals surface area contributed by atoms with Crippen LogP contribution in [0.1, 0.15) is 77.6 Å². The van der Waals surface area contributed by atoms with Crippen molar-refractivity contribution in [2.24, 2.45) is 10.7 Å². The molecule has 1 atom stereocenters. The molecule has 0 aromatic carbocycles. The lowest BCUT2D eigenvalue weighted by Gasteiger charge is -2.14. The van der Waals surface area contributed by atoms with Gasteiger partial charge in [-0.05, 0) is 25.5 Å². The number of nitrogens with one attached hydrogen (secondary N) is 1. The summed E-state index contributed by atoms with van der Waals surface area (Å²) in [5.41, 5.74) is 8.93. The van der Waals surface area contributed by atoms with Gasteiger partial charge in [0.25, 0.3) is 5.91 Å². The highest BCUT2D eigenvalue weighted by Crippen LogP contribution is 2.25. The van der Waals surface area contributed by atoms with E-state index in [0.29, 0.717) is 17.2 Å². The van der Waals surface area contributed by atoms with Crippen molar-refractivity contribution in [3.63, 3.8) is 0 Å². The number of unbranched alkanes of at least 4 members (excludes halogenated alkanes) is 1. The van der Waals surface area contributed by atoms with Gasteiger partial charge in [-0.15, -0.1) is 0 Å². The topological polar surface area (TPSA) is 106 Å². The normalized spacial score (nSPS) is 14.8. The van der Waals surface area contributed by atoms with Crippen LogP contribution in [-0.4, -0.2) is 21.6 Å². The standard InChI is InChI=1S/C19H19N5O2.C4H10.C2H6/c1-11(19-22-9-10-26-19)13(3)23-16(12(2)20)18(25)24-15-7-6-14-5-4-8-21-17(14)15;1-3-4-2;1-2/h4-10,15H,2,20H2,1,3H3,(H,24,25);3-4H2,1-2H3;1-2H3/b13-11+,23-16?;;. The van der Waals surface area contributed by atoms with Gasteiger partial charge >= 0.3 is 0 Å². The maximum Gasteiger partial charge on any atom is 0.272 e. The number of amides is 1. The number of carbonyl (C=O) groups is 1. The number of carbonyl (C=O) groups excluding carboxylic acids is 1. The second kappa shape index (κ2) is 13.7. The largest absolute Gasteiger partial charge is 0.445 e. The molecule has 7 nitrogen and oxygen atoms in total. The minimum Gasteiger partial charge on any atom is -0.445 e. The average Bonchev–Trinajstić information content (AvgIpc) is 3.49. The molecular formula is C25H35N5O2. The van der Waals surface area contributed by atoms with Crippen molar-refractivity contribution in [2.75, 3.05) is 0 Å². The van der Waals surface area contributed by atoms with Crippen LogP contribution >= 0.6 is 0 Å². The molecule has 1 aliphatic carbocycles. The third kappa shape index (κ3) is 7.34. The van der Waals surface area contributed by atoms with E-state index in [0.717, 1.165) is 11.3 Å². The average molecular weight is 438 g/mol. The van der Waals surface area contributed by atoms with Crippen molar-refractivity contribution in [3.05, 3.63) is 72.0 Å². The number of allylic oxidation sites excluding steroid dienone is 2. The van der Waals surface area contributed by atoms with Gasteiger partial charge in [-0.1, -0.05) is 65.3 Å². The van der Waals surface area contributed by atoms with Gasteiger partial charge in [-0.25, -0.2) is 9.98 Å². The van der Waals surface area contributed by atoms with Crippen LogP contribution < -0.4 is 11.1 Å². The van der Waals surface area contributed by atoms with Gasteiger partial charge in [0, 0.05) is 17.5 Å². The predicted octanol–water partition coefficient (Wildman–Crippen LogP) is 5.45. The monoisotopic (exact) mass is 437 g/mol. The summed E-state index contributed by atoms with van der Waals surface area (Å²) < 4.78 is 5.26. The van der Waals surface area contributed by atoms with Crippen molar-refractivity contribution in [1.29, 1.82) is 0 Å². The summed E-state index contributed by atoms with van der Waals surface area (Å²) in [4.78, 5) is 25.4. The molecular weight excluding hydrogens is 402 g/mol. The molecule has 2 aromatic rings. The second-order valence-electron chi connectivity index (χ2n) is 6.82. The smallest absolute Gasteiger partial charge is 0.272 e. The van der Waals surface area contributed by atoms with Crippen LogP contribution in [0.5, 0.6) is 0 Å². The molecule has 0 saturated carbocycles. The van der Waals surface area contributed by atoms with Gasteiger partial charge < -0.3 is 15.5 Å². The van der Waals surface area contributed by atoms with Gasteiger partial charge in [0.15, 0.2) is 5.71 Å². The van der Waals surface area contributed by atoms with Crippen LogP contribution in [0, 0.1) is 0 Å². The highest BCUT2D eigenvalue weighted by Gasteiger charge is 2.23. The first-order valence-electron chi connectivity index (χ1n) is 10.9. The number of aromatic nitrogens is 2. The Morgan fingerprint density at radius 2 is 1.91 bits per heavy atom. The summed E-state index contributed by atoms with van der Waals surface area (Å²) in [6.07, 6.45) is 11.1. The third-order valence-corrected chi connectivity index (χ3v) is 4.52. The molecule has 7 heteroatoms. The minimum absolute atomic E-state index is 0.0474. The van der Waals surface area contributed by atoms with E-state index in [1.54, 1.807) is 26.2 Å². The predicted molar refractivity (Wildman–Crippen MR) is 132 cm³/mol. The fraction of sp³-hybridized carbons (Fsp3) is 0.360. The van der Waals surface area contributed by atoms with E-state index in [1.165, 1.54) is 19.1 Å². The fourth-order valence-corrected chi connectivity index (χ4v) is 2.53. The molecule has 1 amide bonds. The number of pyridine rings is 1. The van der Waals surface area contributed by atoms with E-state index in [-0.39, 0.29) is 17.5 Å². The lowest BCUT2D eigenvalue weighted by Crippen LogP contribution is -2.36. The first kappa shape index (κ1) is 26.6. The summed E-state index contributed by atoms with van der Waals surface area (Å²) in [5.74, 6) is 0.00991. The van der Waals surface area contributed by atoms with Crippen LogP contribution in [-0.2, 0) is 4.79 Å². The maximum absolute atomic E-state index is 12.7. The Kier molecular flexibility index (Phi) is 11.4. The molecule has 0 aliphatic heterocycles. The lowest BCUT2D eigenvalue weighted by atomic mass is 10.1. The Bertz CT molecular complexity index is 970. The molecule has 0 bridgehead atoms. The Balaban J connectivity index is 0.000000769. The van der Waals surface area contributed by atoms with E-state index < -0.39 is 5.91 Å². The first-order chi connectivity index (χ1) is 15.4. The molecule has 0 saturated heterocycles. The molecule has 32 heavy (non-hydrogen) atoms. The number of hydrogen-bond acceptors (Lipinski definition) is 6. The summed E-state index contributed by atoms with van der Waals surface area (Å²) in [7, 11) is 0. The number of nitrogens with two attached hydrogens (primary N) is 1. The van der Waals surface area contributed by atoms with Gasteiger partial charge in [-0.2, -0.15) is 0 Å². The number of oxazole rings is 1. The first-order valence-corrected chi connectivity index (χ1v) is 10.9. The number of hydrogen-bond donors (Lipinski definition) is 2. The van der Waals surface area contributed by atoms with Crippen molar-refractivity contribution in [1.82, 2.24) is 15.3 Å². The second-order valence-corrected chi connectivity index (χ2v) is 6.82. The third-order valence-electron chi connectivity index (χ3n) is 4.52. The zero-order valence-electron chi connectivity index (χ0n) is 20.0. The van der Waals surface area contributed by atoms with E-state index >= 15 is 0 Å². The Labute approximate surface area is 191 Å². The van der Waals surface area contributed by atoms with Crippen LogP contribution in [0.25, 0.3) is 11.6 Å².